The maximum absolute atomic E-state index is 5.93. The Bertz CT molecular complexity index is 472. The summed E-state index contributed by atoms with van der Waals surface area (Å²) in [4.78, 5) is 0. The summed E-state index contributed by atoms with van der Waals surface area (Å²) >= 11 is 8.22. The summed E-state index contributed by atoms with van der Waals surface area (Å²) in [5.74, 6) is 0. The van der Waals surface area contributed by atoms with Crippen LogP contribution in [-0.2, 0) is 4.65 Å². The largest absolute Gasteiger partial charge is 0.426 e. The molecule has 0 aromatic heterocycles. The van der Waals surface area contributed by atoms with Gasteiger partial charge in [-0.15, -0.1) is 0 Å². The highest BCUT2D eigenvalue weighted by molar-refractivity contribution is 14.1. The van der Waals surface area contributed by atoms with Crippen LogP contribution in [0.5, 0.6) is 0 Å². The van der Waals surface area contributed by atoms with Crippen molar-refractivity contribution >= 4 is 52.0 Å². The van der Waals surface area contributed by atoms with Crippen molar-refractivity contribution in [2.45, 2.75) is 0 Å². The van der Waals surface area contributed by atoms with Crippen LogP contribution in [0.3, 0.4) is 0 Å². The van der Waals surface area contributed by atoms with Gasteiger partial charge in [-0.1, -0.05) is 35.9 Å². The average Bonchev–Trinajstić information content (AvgIpc) is 2.43. The number of hydrogen-bond acceptors (Lipinski definition) is 2. The van der Waals surface area contributed by atoms with E-state index >= 15 is 0 Å². The van der Waals surface area contributed by atoms with Crippen LogP contribution < -0.4 is 16.7 Å². The van der Waals surface area contributed by atoms with Gasteiger partial charge in [0.1, 0.15) is 0 Å². The lowest BCUT2D eigenvalue weighted by Gasteiger charge is -2.15. The average molecular weight is 385 g/mol. The second kappa shape index (κ2) is 7.29. The molecule has 2 rings (SSSR count). The SMILES string of the molecule is NCCOB(c1ccc(Cl)cc1)c1ccc(I)cc1. The van der Waals surface area contributed by atoms with E-state index in [9.17, 15) is 0 Å². The van der Waals surface area contributed by atoms with Crippen LogP contribution in [0.1, 0.15) is 0 Å². The van der Waals surface area contributed by atoms with Crippen LogP contribution in [0.4, 0.5) is 0 Å². The molecular formula is C14H14BClINO. The zero-order valence-electron chi connectivity index (χ0n) is 10.4. The van der Waals surface area contributed by atoms with Crippen LogP contribution >= 0.6 is 34.2 Å². The molecule has 0 amide bonds. The zero-order chi connectivity index (χ0) is 13.7. The molecule has 0 radical (unpaired) electrons. The minimum Gasteiger partial charge on any atom is -0.426 e. The van der Waals surface area contributed by atoms with Gasteiger partial charge >= 0.3 is 6.92 Å². The molecule has 5 heteroatoms. The van der Waals surface area contributed by atoms with E-state index in [0.29, 0.717) is 13.2 Å². The quantitative estimate of drug-likeness (QED) is 0.632. The second-order valence-corrected chi connectivity index (χ2v) is 5.82. The summed E-state index contributed by atoms with van der Waals surface area (Å²) in [5, 5.41) is 0.726. The van der Waals surface area contributed by atoms with Gasteiger partial charge in [-0.25, -0.2) is 0 Å². The summed E-state index contributed by atoms with van der Waals surface area (Å²) in [7, 11) is 0. The highest BCUT2D eigenvalue weighted by Crippen LogP contribution is 2.06. The van der Waals surface area contributed by atoms with Gasteiger partial charge in [-0.05, 0) is 57.8 Å². The molecule has 0 spiro atoms. The molecule has 0 unspecified atom stereocenters. The van der Waals surface area contributed by atoms with Crippen LogP contribution in [-0.4, -0.2) is 20.1 Å². The van der Waals surface area contributed by atoms with Crippen molar-refractivity contribution in [3.8, 4) is 0 Å². The molecule has 0 aliphatic carbocycles. The number of hydrogen-bond donors (Lipinski definition) is 1. The highest BCUT2D eigenvalue weighted by atomic mass is 127. The van der Waals surface area contributed by atoms with Crippen LogP contribution in [0.25, 0.3) is 0 Å². The van der Waals surface area contributed by atoms with Crippen molar-refractivity contribution in [2.75, 3.05) is 13.2 Å². The lowest BCUT2D eigenvalue weighted by Crippen LogP contribution is -2.45. The molecule has 19 heavy (non-hydrogen) atoms. The molecule has 98 valence electrons. The van der Waals surface area contributed by atoms with Gasteiger partial charge in [0.05, 0.1) is 0 Å². The minimum absolute atomic E-state index is 0.0992. The Balaban J connectivity index is 2.29. The Kier molecular flexibility index (Phi) is 5.69. The van der Waals surface area contributed by atoms with Crippen molar-refractivity contribution in [1.82, 2.24) is 0 Å². The molecule has 2 nitrogen and oxygen atoms in total. The fourth-order valence-electron chi connectivity index (χ4n) is 1.85. The fourth-order valence-corrected chi connectivity index (χ4v) is 2.33. The number of benzene rings is 2. The minimum atomic E-state index is -0.0992. The monoisotopic (exact) mass is 385 g/mol. The van der Waals surface area contributed by atoms with E-state index < -0.39 is 0 Å². The van der Waals surface area contributed by atoms with Gasteiger partial charge in [0, 0.05) is 21.7 Å². The first-order valence-electron chi connectivity index (χ1n) is 6.03. The Morgan fingerprint density at radius 3 is 2.05 bits per heavy atom. The first-order valence-corrected chi connectivity index (χ1v) is 7.49. The Labute approximate surface area is 132 Å². The summed E-state index contributed by atoms with van der Waals surface area (Å²) < 4.78 is 7.08. The fraction of sp³-hybridized carbons (Fsp3) is 0.143. The van der Waals surface area contributed by atoms with Gasteiger partial charge in [0.15, 0.2) is 0 Å². The normalized spacial score (nSPS) is 10.5. The van der Waals surface area contributed by atoms with E-state index in [2.05, 4.69) is 46.9 Å². The summed E-state index contributed by atoms with van der Waals surface area (Å²) in [6.07, 6.45) is 0. The maximum Gasteiger partial charge on any atom is 0.361 e. The predicted octanol–water partition coefficient (Wildman–Crippen LogP) is 2.03. The maximum atomic E-state index is 5.93. The summed E-state index contributed by atoms with van der Waals surface area (Å²) in [6, 6.07) is 16.0. The van der Waals surface area contributed by atoms with Crippen molar-refractivity contribution in [3.63, 3.8) is 0 Å². The Morgan fingerprint density at radius 2 is 1.53 bits per heavy atom. The lowest BCUT2D eigenvalue weighted by atomic mass is 9.55. The van der Waals surface area contributed by atoms with Gasteiger partial charge in [-0.2, -0.15) is 0 Å². The number of halogens is 2. The van der Waals surface area contributed by atoms with E-state index in [-0.39, 0.29) is 6.92 Å². The van der Waals surface area contributed by atoms with E-state index in [1.54, 1.807) is 0 Å². The molecule has 0 heterocycles. The molecule has 0 fully saturated rings. The summed E-state index contributed by atoms with van der Waals surface area (Å²) in [6.45, 7) is 0.936. The van der Waals surface area contributed by atoms with E-state index in [0.717, 1.165) is 15.9 Å². The Hall–Kier alpha value is -0.555. The molecule has 0 aliphatic rings. The molecule has 0 bridgehead atoms. The zero-order valence-corrected chi connectivity index (χ0v) is 13.3. The van der Waals surface area contributed by atoms with Crippen molar-refractivity contribution in [1.29, 1.82) is 0 Å². The topological polar surface area (TPSA) is 35.2 Å². The number of rotatable bonds is 5. The second-order valence-electron chi connectivity index (χ2n) is 4.14. The van der Waals surface area contributed by atoms with E-state index in [1.807, 2.05) is 24.3 Å². The third kappa shape index (κ3) is 4.21. The van der Waals surface area contributed by atoms with Gasteiger partial charge in [0.2, 0.25) is 0 Å². The van der Waals surface area contributed by atoms with Gasteiger partial charge in [-0.3, -0.25) is 0 Å². The van der Waals surface area contributed by atoms with Crippen molar-refractivity contribution < 1.29 is 4.65 Å². The summed E-state index contributed by atoms with van der Waals surface area (Å²) in [5.41, 5.74) is 7.74. The molecule has 2 N–H and O–H groups in total. The molecule has 0 aliphatic heterocycles. The van der Waals surface area contributed by atoms with Crippen molar-refractivity contribution in [2.24, 2.45) is 5.73 Å². The molecular weight excluding hydrogens is 371 g/mol. The first kappa shape index (κ1) is 14.8. The predicted molar refractivity (Wildman–Crippen MR) is 90.6 cm³/mol. The van der Waals surface area contributed by atoms with Crippen molar-refractivity contribution in [3.05, 3.63) is 57.1 Å². The highest BCUT2D eigenvalue weighted by Gasteiger charge is 2.20. The van der Waals surface area contributed by atoms with E-state index in [1.165, 1.54) is 3.57 Å². The van der Waals surface area contributed by atoms with Crippen LogP contribution in [0.15, 0.2) is 48.5 Å². The van der Waals surface area contributed by atoms with Gasteiger partial charge < -0.3 is 10.4 Å². The lowest BCUT2D eigenvalue weighted by molar-refractivity contribution is 0.344. The molecule has 2 aromatic carbocycles. The molecule has 0 saturated carbocycles. The Morgan fingerprint density at radius 1 is 1.00 bits per heavy atom. The van der Waals surface area contributed by atoms with Crippen LogP contribution in [0, 0.1) is 3.57 Å². The van der Waals surface area contributed by atoms with Crippen LogP contribution in [0.2, 0.25) is 5.02 Å². The smallest absolute Gasteiger partial charge is 0.361 e. The molecule has 0 atom stereocenters. The first-order chi connectivity index (χ1) is 9.20. The standard InChI is InChI=1S/C14H14BClINO/c16-13-5-1-11(2-6-13)15(19-10-9-18)12-3-7-14(17)8-4-12/h1-8H,9-10,18H2. The third-order valence-corrected chi connectivity index (χ3v) is 3.72. The number of nitrogens with two attached hydrogens (primary N) is 1. The molecule has 0 saturated heterocycles. The van der Waals surface area contributed by atoms with Gasteiger partial charge in [0.25, 0.3) is 0 Å². The van der Waals surface area contributed by atoms with E-state index in [4.69, 9.17) is 22.0 Å². The molecule has 2 aromatic rings. The third-order valence-electron chi connectivity index (χ3n) is 2.75.